The molecule has 40 heavy (non-hydrogen) atoms. The normalized spacial score (nSPS) is 16.2. The zero-order chi connectivity index (χ0) is 28.7. The molecule has 0 radical (unpaired) electrons. The minimum absolute atomic E-state index is 0.318. The van der Waals surface area contributed by atoms with Crippen LogP contribution in [0.4, 0.5) is 5.69 Å². The average Bonchev–Trinajstić information content (AvgIpc) is 3.25. The lowest BCUT2D eigenvalue weighted by Gasteiger charge is -2.31. The number of rotatable bonds is 8. The second-order valence-electron chi connectivity index (χ2n) is 11.6. The van der Waals surface area contributed by atoms with Gasteiger partial charge < -0.3 is 24.3 Å². The van der Waals surface area contributed by atoms with Gasteiger partial charge in [0.25, 0.3) is 0 Å². The van der Waals surface area contributed by atoms with Crippen molar-refractivity contribution in [3.8, 4) is 17.2 Å². The Hall–Kier alpha value is -4.00. The van der Waals surface area contributed by atoms with Crippen molar-refractivity contribution >= 4 is 17.4 Å². The molecular weight excluding hydrogens is 504 g/mol. The molecule has 0 aliphatic carbocycles. The average molecular weight is 543 g/mol. The molecule has 0 spiro atoms. The van der Waals surface area contributed by atoms with Gasteiger partial charge in [-0.15, -0.1) is 0 Å². The summed E-state index contributed by atoms with van der Waals surface area (Å²) < 4.78 is 23.1. The first kappa shape index (κ1) is 27.6. The number of esters is 1. The van der Waals surface area contributed by atoms with Gasteiger partial charge in [-0.2, -0.15) is 0 Å². The van der Waals surface area contributed by atoms with E-state index in [9.17, 15) is 4.79 Å². The predicted octanol–water partition coefficient (Wildman–Crippen LogP) is 6.38. The number of hydrogen-bond acceptors (Lipinski definition) is 7. The molecule has 0 atom stereocenters. The standard InChI is InChI=1S/C33H38N2O5/c1-8-39-27-16-22-17-32(2,3)35-29(28(22)24-18-33(4,5)40-30(24)27)20-13-14-23(31(36)38-7)25(15-20)34-19-21-11-9-10-12-26(21)37-6/h9-16,34H,8,17-19H2,1-7H3. The summed E-state index contributed by atoms with van der Waals surface area (Å²) in [5.74, 6) is 1.97. The maximum absolute atomic E-state index is 12.7. The van der Waals surface area contributed by atoms with Gasteiger partial charge in [-0.3, -0.25) is 4.99 Å². The van der Waals surface area contributed by atoms with Crippen LogP contribution in [0.1, 0.15) is 72.8 Å². The van der Waals surface area contributed by atoms with Gasteiger partial charge in [0.2, 0.25) is 0 Å². The van der Waals surface area contributed by atoms with Crippen molar-refractivity contribution in [2.75, 3.05) is 26.1 Å². The summed E-state index contributed by atoms with van der Waals surface area (Å²) in [5, 5.41) is 3.45. The number of nitrogens with one attached hydrogen (secondary N) is 1. The van der Waals surface area contributed by atoms with Gasteiger partial charge in [-0.1, -0.05) is 24.3 Å². The van der Waals surface area contributed by atoms with E-state index in [-0.39, 0.29) is 11.1 Å². The monoisotopic (exact) mass is 542 g/mol. The number of anilines is 1. The number of para-hydroxylation sites is 1. The van der Waals surface area contributed by atoms with Gasteiger partial charge in [0, 0.05) is 40.9 Å². The van der Waals surface area contributed by atoms with Gasteiger partial charge >= 0.3 is 5.97 Å². The lowest BCUT2D eigenvalue weighted by atomic mass is 9.80. The third kappa shape index (κ3) is 5.25. The summed E-state index contributed by atoms with van der Waals surface area (Å²) in [5.41, 5.74) is 6.67. The Kier molecular flexibility index (Phi) is 7.25. The van der Waals surface area contributed by atoms with Gasteiger partial charge in [0.15, 0.2) is 11.5 Å². The first-order valence-electron chi connectivity index (χ1n) is 13.7. The Balaban J connectivity index is 1.63. The number of carbonyl (C=O) groups excluding carboxylic acids is 1. The van der Waals surface area contributed by atoms with Crippen LogP contribution < -0.4 is 19.5 Å². The largest absolute Gasteiger partial charge is 0.496 e. The van der Waals surface area contributed by atoms with Crippen molar-refractivity contribution in [3.05, 3.63) is 81.9 Å². The van der Waals surface area contributed by atoms with Crippen LogP contribution in [0.3, 0.4) is 0 Å². The van der Waals surface area contributed by atoms with E-state index in [1.807, 2.05) is 49.4 Å². The van der Waals surface area contributed by atoms with Crippen molar-refractivity contribution in [2.24, 2.45) is 4.99 Å². The summed E-state index contributed by atoms with van der Waals surface area (Å²) in [6.45, 7) is 11.5. The molecule has 2 aliphatic rings. The molecule has 0 fully saturated rings. The second-order valence-corrected chi connectivity index (χ2v) is 11.6. The fourth-order valence-electron chi connectivity index (χ4n) is 5.71. The van der Waals surface area contributed by atoms with Crippen molar-refractivity contribution in [1.82, 2.24) is 0 Å². The maximum Gasteiger partial charge on any atom is 0.339 e. The van der Waals surface area contributed by atoms with E-state index < -0.39 is 5.97 Å². The predicted molar refractivity (Wildman–Crippen MR) is 158 cm³/mol. The van der Waals surface area contributed by atoms with Crippen molar-refractivity contribution in [3.63, 3.8) is 0 Å². The number of hydrogen-bond donors (Lipinski definition) is 1. The Bertz CT molecular complexity index is 1490. The maximum atomic E-state index is 12.7. The molecule has 210 valence electrons. The SMILES string of the molecule is CCOc1cc2c(c3c1OC(C)(C)C3)C(c1ccc(C(=O)OC)c(NCc3ccccc3OC)c1)=NC(C)(C)C2. The molecular formula is C33H38N2O5. The molecule has 1 N–H and O–H groups in total. The molecule has 3 aromatic carbocycles. The smallest absolute Gasteiger partial charge is 0.339 e. The second kappa shape index (κ2) is 10.5. The highest BCUT2D eigenvalue weighted by Gasteiger charge is 2.40. The number of carbonyl (C=O) groups is 1. The van der Waals surface area contributed by atoms with E-state index >= 15 is 0 Å². The molecule has 7 heteroatoms. The van der Waals surface area contributed by atoms with Crippen LogP contribution in [-0.2, 0) is 24.1 Å². The Morgan fingerprint density at radius 2 is 1.80 bits per heavy atom. The fraction of sp³-hybridized carbons (Fsp3) is 0.394. The van der Waals surface area contributed by atoms with Crippen LogP contribution in [0.5, 0.6) is 17.2 Å². The zero-order valence-electron chi connectivity index (χ0n) is 24.4. The molecule has 3 aromatic rings. The van der Waals surface area contributed by atoms with E-state index in [1.54, 1.807) is 7.11 Å². The highest BCUT2D eigenvalue weighted by atomic mass is 16.5. The van der Waals surface area contributed by atoms with Crippen molar-refractivity contribution in [2.45, 2.75) is 65.1 Å². The van der Waals surface area contributed by atoms with Crippen LogP contribution in [0.2, 0.25) is 0 Å². The Morgan fingerprint density at radius 1 is 1.02 bits per heavy atom. The number of fused-ring (bicyclic) bond motifs is 3. The van der Waals surface area contributed by atoms with Crippen LogP contribution >= 0.6 is 0 Å². The molecule has 0 bridgehead atoms. The Labute approximate surface area is 236 Å². The lowest BCUT2D eigenvalue weighted by Crippen LogP contribution is -2.30. The van der Waals surface area contributed by atoms with Gasteiger partial charge in [-0.25, -0.2) is 4.79 Å². The zero-order valence-corrected chi connectivity index (χ0v) is 24.4. The van der Waals surface area contributed by atoms with Gasteiger partial charge in [-0.05, 0) is 70.9 Å². The van der Waals surface area contributed by atoms with Gasteiger partial charge in [0.05, 0.1) is 37.6 Å². The molecule has 0 unspecified atom stereocenters. The van der Waals surface area contributed by atoms with Crippen LogP contribution in [0.25, 0.3) is 0 Å². The number of methoxy groups -OCH3 is 2. The van der Waals surface area contributed by atoms with E-state index in [4.69, 9.17) is 23.9 Å². The molecule has 0 aromatic heterocycles. The number of nitrogens with zero attached hydrogens (tertiary/aromatic N) is 1. The molecule has 2 aliphatic heterocycles. The van der Waals surface area contributed by atoms with Crippen molar-refractivity contribution in [1.29, 1.82) is 0 Å². The molecule has 0 amide bonds. The van der Waals surface area contributed by atoms with Crippen molar-refractivity contribution < 1.29 is 23.7 Å². The molecule has 5 rings (SSSR count). The molecule has 0 saturated carbocycles. The summed E-state index contributed by atoms with van der Waals surface area (Å²) in [4.78, 5) is 18.0. The third-order valence-electron chi connectivity index (χ3n) is 7.34. The van der Waals surface area contributed by atoms with E-state index in [1.165, 1.54) is 12.7 Å². The Morgan fingerprint density at radius 3 is 2.52 bits per heavy atom. The highest BCUT2D eigenvalue weighted by molar-refractivity contribution is 6.17. The van der Waals surface area contributed by atoms with E-state index in [0.717, 1.165) is 58.1 Å². The van der Waals surface area contributed by atoms with Crippen LogP contribution in [-0.4, -0.2) is 43.6 Å². The quantitative estimate of drug-likeness (QED) is 0.333. The molecule has 2 heterocycles. The van der Waals surface area contributed by atoms with Crippen LogP contribution in [0.15, 0.2) is 53.5 Å². The molecule has 0 saturated heterocycles. The number of benzene rings is 3. The number of ether oxygens (including phenoxy) is 4. The molecule has 7 nitrogen and oxygen atoms in total. The minimum atomic E-state index is -0.405. The fourth-order valence-corrected chi connectivity index (χ4v) is 5.71. The van der Waals surface area contributed by atoms with Crippen LogP contribution in [0, 0.1) is 0 Å². The summed E-state index contributed by atoms with van der Waals surface area (Å²) in [6, 6.07) is 15.7. The number of aliphatic imine (C=N–C) groups is 1. The highest BCUT2D eigenvalue weighted by Crippen LogP contribution is 2.48. The first-order chi connectivity index (χ1) is 19.1. The first-order valence-corrected chi connectivity index (χ1v) is 13.7. The third-order valence-corrected chi connectivity index (χ3v) is 7.34. The van der Waals surface area contributed by atoms with E-state index in [0.29, 0.717) is 24.4 Å². The summed E-state index contributed by atoms with van der Waals surface area (Å²) in [7, 11) is 3.05. The summed E-state index contributed by atoms with van der Waals surface area (Å²) >= 11 is 0. The van der Waals surface area contributed by atoms with Gasteiger partial charge in [0.1, 0.15) is 11.4 Å². The summed E-state index contributed by atoms with van der Waals surface area (Å²) in [6.07, 6.45) is 1.54. The lowest BCUT2D eigenvalue weighted by molar-refractivity contribution is 0.0601. The van der Waals surface area contributed by atoms with E-state index in [2.05, 4.69) is 39.1 Å². The minimum Gasteiger partial charge on any atom is -0.496 e. The topological polar surface area (TPSA) is 78.4 Å².